The van der Waals surface area contributed by atoms with Crippen molar-refractivity contribution in [2.24, 2.45) is 10.9 Å². The maximum absolute atomic E-state index is 12.0. The zero-order valence-corrected chi connectivity index (χ0v) is 16.0. The van der Waals surface area contributed by atoms with Crippen LogP contribution in [0.4, 0.5) is 0 Å². The molecule has 0 unspecified atom stereocenters. The lowest BCUT2D eigenvalue weighted by Crippen LogP contribution is -2.48. The molecule has 1 rings (SSSR count). The highest BCUT2D eigenvalue weighted by Crippen LogP contribution is 2.18. The van der Waals surface area contributed by atoms with Crippen molar-refractivity contribution in [3.63, 3.8) is 0 Å². The molecule has 0 radical (unpaired) electrons. The summed E-state index contributed by atoms with van der Waals surface area (Å²) >= 11 is 0. The molecule has 0 amide bonds. The number of esters is 1. The van der Waals surface area contributed by atoms with E-state index in [1.807, 2.05) is 6.92 Å². The van der Waals surface area contributed by atoms with Crippen molar-refractivity contribution in [2.45, 2.75) is 46.5 Å². The minimum Gasteiger partial charge on any atom is -0.466 e. The number of unbranched alkanes of at least 4 members (excludes halogenated alkanes) is 1. The maximum Gasteiger partial charge on any atom is 0.310 e. The molecular weight excluding hydrogens is 304 g/mol. The van der Waals surface area contributed by atoms with E-state index in [9.17, 15) is 4.79 Å². The second kappa shape index (κ2) is 12.1. The Morgan fingerprint density at radius 2 is 2.12 bits per heavy atom. The lowest BCUT2D eigenvalue weighted by atomic mass is 9.98. The summed E-state index contributed by atoms with van der Waals surface area (Å²) in [6.07, 6.45) is 4.37. The van der Waals surface area contributed by atoms with Crippen LogP contribution in [0.2, 0.25) is 0 Å². The van der Waals surface area contributed by atoms with Gasteiger partial charge < -0.3 is 19.9 Å². The van der Waals surface area contributed by atoms with Crippen LogP contribution in [0, 0.1) is 5.92 Å². The molecule has 1 heterocycles. The summed E-state index contributed by atoms with van der Waals surface area (Å²) in [6, 6.07) is 0. The second-order valence-corrected chi connectivity index (χ2v) is 6.43. The number of piperidine rings is 1. The molecule has 0 aromatic carbocycles. The number of guanidine groups is 1. The molecule has 6 heteroatoms. The molecule has 1 atom stereocenters. The van der Waals surface area contributed by atoms with Crippen LogP contribution in [-0.2, 0) is 9.53 Å². The summed E-state index contributed by atoms with van der Waals surface area (Å²) in [5.74, 6) is 0.822. The van der Waals surface area contributed by atoms with Crippen LogP contribution in [0.5, 0.6) is 0 Å². The van der Waals surface area contributed by atoms with Crippen LogP contribution in [-0.4, -0.2) is 74.7 Å². The number of carbonyl (C=O) groups is 1. The molecule has 6 nitrogen and oxygen atoms in total. The predicted octanol–water partition coefficient (Wildman–Crippen LogP) is 1.96. The molecule has 1 N–H and O–H groups in total. The molecule has 1 aliphatic heterocycles. The van der Waals surface area contributed by atoms with Gasteiger partial charge in [-0.2, -0.15) is 0 Å². The summed E-state index contributed by atoms with van der Waals surface area (Å²) in [5, 5.41) is 3.37. The largest absolute Gasteiger partial charge is 0.466 e. The van der Waals surface area contributed by atoms with Crippen molar-refractivity contribution in [3.8, 4) is 0 Å². The van der Waals surface area contributed by atoms with Crippen molar-refractivity contribution in [3.05, 3.63) is 0 Å². The third-order valence-electron chi connectivity index (χ3n) is 4.31. The average Bonchev–Trinajstić information content (AvgIpc) is 2.59. The summed E-state index contributed by atoms with van der Waals surface area (Å²) < 4.78 is 5.19. The first kappa shape index (κ1) is 20.7. The number of likely N-dealkylation sites (N-methyl/N-ethyl adjacent to an activating group) is 1. The third kappa shape index (κ3) is 7.51. The quantitative estimate of drug-likeness (QED) is 0.395. The number of carbonyl (C=O) groups excluding carboxylic acids is 1. The van der Waals surface area contributed by atoms with Crippen molar-refractivity contribution in [2.75, 3.05) is 52.9 Å². The van der Waals surface area contributed by atoms with Crippen molar-refractivity contribution >= 4 is 11.9 Å². The minimum absolute atomic E-state index is 0.0326. The summed E-state index contributed by atoms with van der Waals surface area (Å²) in [5.41, 5.74) is 0. The fraction of sp³-hybridized carbons (Fsp3) is 0.889. The number of aliphatic imine (C=N–C) groups is 1. The van der Waals surface area contributed by atoms with Gasteiger partial charge in [-0.15, -0.1) is 0 Å². The van der Waals surface area contributed by atoms with Gasteiger partial charge in [-0.05, 0) is 46.7 Å². The second-order valence-electron chi connectivity index (χ2n) is 6.43. The van der Waals surface area contributed by atoms with Crippen LogP contribution in [0.15, 0.2) is 4.99 Å². The lowest BCUT2D eigenvalue weighted by molar-refractivity contribution is -0.149. The number of rotatable bonds is 9. The van der Waals surface area contributed by atoms with Gasteiger partial charge in [-0.3, -0.25) is 9.79 Å². The predicted molar refractivity (Wildman–Crippen MR) is 99.3 cm³/mol. The van der Waals surface area contributed by atoms with Gasteiger partial charge in [0.05, 0.1) is 19.1 Å². The first-order chi connectivity index (χ1) is 11.6. The first-order valence-electron chi connectivity index (χ1n) is 9.50. The van der Waals surface area contributed by atoms with E-state index < -0.39 is 0 Å². The fourth-order valence-electron chi connectivity index (χ4n) is 2.91. The van der Waals surface area contributed by atoms with E-state index in [1.165, 1.54) is 12.8 Å². The molecule has 0 aromatic rings. The summed E-state index contributed by atoms with van der Waals surface area (Å²) in [7, 11) is 2.15. The molecule has 0 spiro atoms. The Morgan fingerprint density at radius 1 is 1.33 bits per heavy atom. The smallest absolute Gasteiger partial charge is 0.310 e. The van der Waals surface area contributed by atoms with Gasteiger partial charge in [-0.1, -0.05) is 13.3 Å². The lowest BCUT2D eigenvalue weighted by Gasteiger charge is -2.34. The fourth-order valence-corrected chi connectivity index (χ4v) is 2.91. The highest BCUT2D eigenvalue weighted by molar-refractivity contribution is 5.81. The van der Waals surface area contributed by atoms with Crippen molar-refractivity contribution < 1.29 is 9.53 Å². The van der Waals surface area contributed by atoms with Crippen LogP contribution in [0.1, 0.15) is 46.5 Å². The molecule has 24 heavy (non-hydrogen) atoms. The highest BCUT2D eigenvalue weighted by atomic mass is 16.5. The highest BCUT2D eigenvalue weighted by Gasteiger charge is 2.28. The Hall–Kier alpha value is -1.30. The van der Waals surface area contributed by atoms with Gasteiger partial charge >= 0.3 is 5.97 Å². The van der Waals surface area contributed by atoms with E-state index in [0.29, 0.717) is 13.2 Å². The molecule has 0 bridgehead atoms. The number of hydrogen-bond acceptors (Lipinski definition) is 4. The van der Waals surface area contributed by atoms with Gasteiger partial charge in [0.1, 0.15) is 0 Å². The van der Waals surface area contributed by atoms with E-state index >= 15 is 0 Å². The van der Waals surface area contributed by atoms with Crippen LogP contribution in [0.3, 0.4) is 0 Å². The number of hydrogen-bond donors (Lipinski definition) is 1. The molecule has 0 saturated carbocycles. The Bertz CT molecular complexity index is 387. The Kier molecular flexibility index (Phi) is 10.5. The van der Waals surface area contributed by atoms with Crippen LogP contribution in [0.25, 0.3) is 0 Å². The van der Waals surface area contributed by atoms with Gasteiger partial charge in [0.2, 0.25) is 0 Å². The Morgan fingerprint density at radius 3 is 2.79 bits per heavy atom. The van der Waals surface area contributed by atoms with E-state index in [2.05, 4.69) is 36.0 Å². The molecule has 1 aliphatic rings. The summed E-state index contributed by atoms with van der Waals surface area (Å²) in [4.78, 5) is 21.3. The van der Waals surface area contributed by atoms with Gasteiger partial charge in [0, 0.05) is 26.2 Å². The number of nitrogens with zero attached hydrogens (tertiary/aromatic N) is 3. The zero-order valence-electron chi connectivity index (χ0n) is 16.0. The number of likely N-dealkylation sites (tertiary alicyclic amines) is 1. The monoisotopic (exact) mass is 340 g/mol. The minimum atomic E-state index is -0.0719. The Labute approximate surface area is 147 Å². The standard InChI is InChI=1S/C18H36N4O2/c1-5-8-12-21(4)14-11-20-18(19-6-2)22-13-9-10-16(15-22)17(23)24-7-3/h16H,5-15H2,1-4H3,(H,19,20)/t16-/m0/s1. The molecule has 140 valence electrons. The molecule has 1 saturated heterocycles. The molecule has 0 aliphatic carbocycles. The van der Waals surface area contributed by atoms with Gasteiger partial charge in [0.25, 0.3) is 0 Å². The SMILES string of the molecule is CCCCN(C)CCN=C(NCC)N1CCC[C@H](C(=O)OCC)C1. The molecule has 1 fully saturated rings. The van der Waals surface area contributed by atoms with Crippen molar-refractivity contribution in [1.82, 2.24) is 15.1 Å². The first-order valence-corrected chi connectivity index (χ1v) is 9.50. The average molecular weight is 341 g/mol. The zero-order chi connectivity index (χ0) is 17.8. The van der Waals surface area contributed by atoms with E-state index in [0.717, 1.165) is 51.5 Å². The molecular formula is C18H36N4O2. The van der Waals surface area contributed by atoms with Crippen molar-refractivity contribution in [1.29, 1.82) is 0 Å². The van der Waals surface area contributed by atoms with E-state index in [4.69, 9.17) is 9.73 Å². The van der Waals surface area contributed by atoms with E-state index in [1.54, 1.807) is 0 Å². The number of ether oxygens (including phenoxy) is 1. The van der Waals surface area contributed by atoms with Gasteiger partial charge in [-0.25, -0.2) is 0 Å². The number of nitrogens with one attached hydrogen (secondary N) is 1. The Balaban J connectivity index is 2.55. The molecule has 0 aromatic heterocycles. The van der Waals surface area contributed by atoms with Gasteiger partial charge in [0.15, 0.2) is 5.96 Å². The van der Waals surface area contributed by atoms with E-state index in [-0.39, 0.29) is 11.9 Å². The summed E-state index contributed by atoms with van der Waals surface area (Å²) in [6.45, 7) is 12.0. The maximum atomic E-state index is 12.0. The topological polar surface area (TPSA) is 57.2 Å². The van der Waals surface area contributed by atoms with Crippen LogP contribution >= 0.6 is 0 Å². The van der Waals surface area contributed by atoms with Crippen LogP contribution < -0.4 is 5.32 Å². The normalized spacial score (nSPS) is 18.8. The third-order valence-corrected chi connectivity index (χ3v) is 4.31.